The number of nitrogens with zero attached hydrogens (tertiary/aromatic N) is 1. The van der Waals surface area contributed by atoms with Crippen LogP contribution in [0, 0.1) is 17.2 Å². The van der Waals surface area contributed by atoms with Crippen molar-refractivity contribution >= 4 is 5.97 Å². The van der Waals surface area contributed by atoms with Gasteiger partial charge in [-0.15, -0.1) is 0 Å². The summed E-state index contributed by atoms with van der Waals surface area (Å²) in [6.45, 7) is 3.88. The Balaban J connectivity index is 3.47. The molecule has 0 aromatic heterocycles. The minimum Gasteiger partial charge on any atom is -0.450 e. The van der Waals surface area contributed by atoms with Gasteiger partial charge in [0.2, 0.25) is 0 Å². The van der Waals surface area contributed by atoms with Crippen LogP contribution in [-0.4, -0.2) is 12.6 Å². The fourth-order valence-electron chi connectivity index (χ4n) is 1.24. The van der Waals surface area contributed by atoms with Gasteiger partial charge in [-0.3, -0.25) is 4.79 Å². The standard InChI is InChI=1S/C11H19NO2/c1-3-4-5-6-7-10(2)11(13)14-9-8-12/h10H,3-7,9H2,1-2H3. The molecular weight excluding hydrogens is 178 g/mol. The minimum absolute atomic E-state index is 0.0693. The molecule has 0 aliphatic rings. The van der Waals surface area contributed by atoms with Crippen LogP contribution in [0.25, 0.3) is 0 Å². The van der Waals surface area contributed by atoms with Gasteiger partial charge in [0, 0.05) is 0 Å². The molecule has 0 fully saturated rings. The molecular formula is C11H19NO2. The van der Waals surface area contributed by atoms with E-state index in [9.17, 15) is 4.79 Å². The number of hydrogen-bond acceptors (Lipinski definition) is 3. The van der Waals surface area contributed by atoms with Gasteiger partial charge >= 0.3 is 5.97 Å². The van der Waals surface area contributed by atoms with Crippen molar-refractivity contribution in [3.05, 3.63) is 0 Å². The summed E-state index contributed by atoms with van der Waals surface area (Å²) in [7, 11) is 0. The van der Waals surface area contributed by atoms with Gasteiger partial charge in [-0.25, -0.2) is 0 Å². The molecule has 80 valence electrons. The molecule has 14 heavy (non-hydrogen) atoms. The zero-order valence-electron chi connectivity index (χ0n) is 9.08. The van der Waals surface area contributed by atoms with E-state index >= 15 is 0 Å². The lowest BCUT2D eigenvalue weighted by Crippen LogP contribution is -2.14. The van der Waals surface area contributed by atoms with Crippen LogP contribution in [0.5, 0.6) is 0 Å². The number of carbonyl (C=O) groups excluding carboxylic acids is 1. The summed E-state index contributed by atoms with van der Waals surface area (Å²) in [6.07, 6.45) is 5.53. The Morgan fingerprint density at radius 2 is 2.14 bits per heavy atom. The van der Waals surface area contributed by atoms with Gasteiger partial charge in [-0.1, -0.05) is 39.5 Å². The predicted octanol–water partition coefficient (Wildman–Crippen LogP) is 2.66. The number of nitriles is 1. The van der Waals surface area contributed by atoms with E-state index in [-0.39, 0.29) is 18.5 Å². The first kappa shape index (κ1) is 13.0. The lowest BCUT2D eigenvalue weighted by molar-refractivity contribution is -0.146. The van der Waals surface area contributed by atoms with Crippen molar-refractivity contribution in [1.82, 2.24) is 0 Å². The highest BCUT2D eigenvalue weighted by atomic mass is 16.5. The second-order valence-corrected chi connectivity index (χ2v) is 3.52. The summed E-state index contributed by atoms with van der Waals surface area (Å²) in [5, 5.41) is 8.22. The molecule has 0 spiro atoms. The summed E-state index contributed by atoms with van der Waals surface area (Å²) in [5.41, 5.74) is 0. The number of ether oxygens (including phenoxy) is 1. The highest BCUT2D eigenvalue weighted by Crippen LogP contribution is 2.11. The Morgan fingerprint density at radius 3 is 2.71 bits per heavy atom. The van der Waals surface area contributed by atoms with Crippen LogP contribution in [0.15, 0.2) is 0 Å². The highest BCUT2D eigenvalue weighted by molar-refractivity contribution is 5.72. The van der Waals surface area contributed by atoms with Gasteiger partial charge in [0.15, 0.2) is 6.61 Å². The Bertz CT molecular complexity index is 196. The number of carbonyl (C=O) groups is 1. The number of hydrogen-bond donors (Lipinski definition) is 0. The molecule has 0 rings (SSSR count). The van der Waals surface area contributed by atoms with Crippen LogP contribution in [-0.2, 0) is 9.53 Å². The molecule has 0 radical (unpaired) electrons. The van der Waals surface area contributed by atoms with Crippen molar-refractivity contribution in [3.8, 4) is 6.07 Å². The molecule has 1 unspecified atom stereocenters. The molecule has 0 aliphatic heterocycles. The molecule has 3 nitrogen and oxygen atoms in total. The molecule has 0 heterocycles. The maximum absolute atomic E-state index is 11.2. The summed E-state index contributed by atoms with van der Waals surface area (Å²) < 4.78 is 4.71. The second-order valence-electron chi connectivity index (χ2n) is 3.52. The molecule has 0 saturated carbocycles. The van der Waals surface area contributed by atoms with E-state index in [0.717, 1.165) is 12.8 Å². The van der Waals surface area contributed by atoms with E-state index in [0.29, 0.717) is 0 Å². The van der Waals surface area contributed by atoms with Crippen LogP contribution >= 0.6 is 0 Å². The Kier molecular flexibility index (Phi) is 7.92. The molecule has 0 bridgehead atoms. The third kappa shape index (κ3) is 6.47. The van der Waals surface area contributed by atoms with E-state index < -0.39 is 0 Å². The van der Waals surface area contributed by atoms with Crippen molar-refractivity contribution in [1.29, 1.82) is 5.26 Å². The van der Waals surface area contributed by atoms with E-state index in [1.54, 1.807) is 6.07 Å². The Hall–Kier alpha value is -1.04. The van der Waals surface area contributed by atoms with Crippen LogP contribution < -0.4 is 0 Å². The van der Waals surface area contributed by atoms with Crippen molar-refractivity contribution < 1.29 is 9.53 Å². The minimum atomic E-state index is -0.247. The smallest absolute Gasteiger partial charge is 0.309 e. The van der Waals surface area contributed by atoms with Gasteiger partial charge in [0.05, 0.1) is 5.92 Å². The lowest BCUT2D eigenvalue weighted by Gasteiger charge is -2.08. The summed E-state index contributed by atoms with van der Waals surface area (Å²) in [4.78, 5) is 11.2. The molecule has 0 N–H and O–H groups in total. The average Bonchev–Trinajstić information content (AvgIpc) is 2.20. The first-order chi connectivity index (χ1) is 6.72. The molecule has 3 heteroatoms. The summed E-state index contributed by atoms with van der Waals surface area (Å²) in [5.74, 6) is -0.316. The maximum atomic E-state index is 11.2. The van der Waals surface area contributed by atoms with Gasteiger partial charge in [0.25, 0.3) is 0 Å². The van der Waals surface area contributed by atoms with E-state index in [4.69, 9.17) is 10.00 Å². The van der Waals surface area contributed by atoms with Gasteiger partial charge < -0.3 is 4.74 Å². The molecule has 0 aromatic carbocycles. The average molecular weight is 197 g/mol. The molecule has 0 amide bonds. The highest BCUT2D eigenvalue weighted by Gasteiger charge is 2.13. The fraction of sp³-hybridized carbons (Fsp3) is 0.818. The normalized spacial score (nSPS) is 11.8. The Labute approximate surface area is 86.1 Å². The van der Waals surface area contributed by atoms with Crippen molar-refractivity contribution in [2.45, 2.75) is 46.0 Å². The van der Waals surface area contributed by atoms with Crippen LogP contribution in [0.2, 0.25) is 0 Å². The number of unbranched alkanes of at least 4 members (excludes halogenated alkanes) is 3. The van der Waals surface area contributed by atoms with Crippen LogP contribution in [0.1, 0.15) is 46.0 Å². The number of rotatable bonds is 7. The van der Waals surface area contributed by atoms with Crippen molar-refractivity contribution in [2.75, 3.05) is 6.61 Å². The molecule has 1 atom stereocenters. The molecule has 0 saturated heterocycles. The van der Waals surface area contributed by atoms with Gasteiger partial charge in [-0.05, 0) is 6.42 Å². The first-order valence-electron chi connectivity index (χ1n) is 5.26. The van der Waals surface area contributed by atoms with E-state index in [2.05, 4.69) is 6.92 Å². The number of esters is 1. The zero-order valence-corrected chi connectivity index (χ0v) is 9.08. The third-order valence-corrected chi connectivity index (χ3v) is 2.17. The molecule has 0 aromatic rings. The van der Waals surface area contributed by atoms with Crippen LogP contribution in [0.3, 0.4) is 0 Å². The van der Waals surface area contributed by atoms with Crippen LogP contribution in [0.4, 0.5) is 0 Å². The summed E-state index contributed by atoms with van der Waals surface area (Å²) >= 11 is 0. The van der Waals surface area contributed by atoms with Gasteiger partial charge in [0.1, 0.15) is 6.07 Å². The fourth-order valence-corrected chi connectivity index (χ4v) is 1.24. The lowest BCUT2D eigenvalue weighted by atomic mass is 10.0. The topological polar surface area (TPSA) is 50.1 Å². The molecule has 0 aliphatic carbocycles. The monoisotopic (exact) mass is 197 g/mol. The quantitative estimate of drug-likeness (QED) is 0.465. The largest absolute Gasteiger partial charge is 0.450 e. The predicted molar refractivity (Wildman–Crippen MR) is 54.5 cm³/mol. The third-order valence-electron chi connectivity index (χ3n) is 2.17. The van der Waals surface area contributed by atoms with E-state index in [1.165, 1.54) is 19.3 Å². The van der Waals surface area contributed by atoms with E-state index in [1.807, 2.05) is 6.92 Å². The Morgan fingerprint density at radius 1 is 1.43 bits per heavy atom. The van der Waals surface area contributed by atoms with Gasteiger partial charge in [-0.2, -0.15) is 5.26 Å². The van der Waals surface area contributed by atoms with Crippen molar-refractivity contribution in [2.24, 2.45) is 5.92 Å². The maximum Gasteiger partial charge on any atom is 0.309 e. The SMILES string of the molecule is CCCCCCC(C)C(=O)OCC#N. The first-order valence-corrected chi connectivity index (χ1v) is 5.26. The summed E-state index contributed by atoms with van der Waals surface area (Å²) in [6, 6.07) is 1.79. The van der Waals surface area contributed by atoms with Crippen molar-refractivity contribution in [3.63, 3.8) is 0 Å². The second kappa shape index (κ2) is 8.55. The zero-order chi connectivity index (χ0) is 10.8.